The number of aliphatic carboxylic acids is 2. The van der Waals surface area contributed by atoms with E-state index in [1.165, 1.54) is 12.5 Å². The number of fused-ring (bicyclic) bond motifs is 1. The number of para-hydroxylation sites is 1. The van der Waals surface area contributed by atoms with E-state index in [4.69, 9.17) is 15.9 Å². The van der Waals surface area contributed by atoms with Gasteiger partial charge in [0.2, 0.25) is 17.7 Å². The zero-order valence-electron chi connectivity index (χ0n) is 21.3. The highest BCUT2D eigenvalue weighted by molar-refractivity contribution is 5.94. The fraction of sp³-hybridized carbons (Fsp3) is 0.360. The Kier molecular flexibility index (Phi) is 10.3. The molecule has 0 fully saturated rings. The number of carboxylic acids is 2. The van der Waals surface area contributed by atoms with Gasteiger partial charge in [0.05, 0.1) is 12.9 Å². The second-order valence-electron chi connectivity index (χ2n) is 9.09. The lowest BCUT2D eigenvalue weighted by molar-refractivity contribution is -0.142. The number of carboxylic acid groups (broad SMARTS) is 2. The van der Waals surface area contributed by atoms with Gasteiger partial charge in [-0.25, -0.2) is 9.78 Å². The number of nitrogens with zero attached hydrogens (tertiary/aromatic N) is 1. The topological polar surface area (TPSA) is 253 Å². The molecule has 0 radical (unpaired) electrons. The van der Waals surface area contributed by atoms with Gasteiger partial charge in [-0.1, -0.05) is 18.2 Å². The summed E-state index contributed by atoms with van der Waals surface area (Å²) in [4.78, 5) is 71.5. The van der Waals surface area contributed by atoms with E-state index < -0.39 is 66.9 Å². The van der Waals surface area contributed by atoms with Crippen molar-refractivity contribution in [1.82, 2.24) is 30.9 Å². The Morgan fingerprint density at radius 1 is 0.900 bits per heavy atom. The summed E-state index contributed by atoms with van der Waals surface area (Å²) >= 11 is 0. The summed E-state index contributed by atoms with van der Waals surface area (Å²) in [7, 11) is 0. The Labute approximate surface area is 227 Å². The third-order valence-electron chi connectivity index (χ3n) is 6.14. The minimum absolute atomic E-state index is 0.0495. The number of aromatic nitrogens is 3. The van der Waals surface area contributed by atoms with Crippen molar-refractivity contribution >= 4 is 40.6 Å². The maximum Gasteiger partial charge on any atom is 0.326 e. The van der Waals surface area contributed by atoms with E-state index in [0.29, 0.717) is 11.3 Å². The molecule has 214 valence electrons. The number of aliphatic hydroxyl groups excluding tert-OH is 1. The summed E-state index contributed by atoms with van der Waals surface area (Å²) in [5.74, 6) is -5.15. The highest BCUT2D eigenvalue weighted by Gasteiger charge is 2.31. The maximum absolute atomic E-state index is 13.3. The minimum atomic E-state index is -1.40. The lowest BCUT2D eigenvalue weighted by Crippen LogP contribution is -2.58. The molecule has 0 aliphatic rings. The van der Waals surface area contributed by atoms with Gasteiger partial charge < -0.3 is 47.0 Å². The number of amides is 3. The number of carbonyl (C=O) groups is 5. The molecule has 0 aliphatic carbocycles. The third kappa shape index (κ3) is 8.12. The molecule has 15 heteroatoms. The molecule has 40 heavy (non-hydrogen) atoms. The zero-order chi connectivity index (χ0) is 29.2. The molecule has 1 aromatic carbocycles. The second kappa shape index (κ2) is 13.9. The van der Waals surface area contributed by atoms with E-state index in [2.05, 4.69) is 30.9 Å². The first-order valence-electron chi connectivity index (χ1n) is 12.3. The number of aliphatic hydroxyl groups is 1. The first-order chi connectivity index (χ1) is 19.1. The summed E-state index contributed by atoms with van der Waals surface area (Å²) < 4.78 is 0. The SMILES string of the molecule is NC(CO)C(=O)NC(CCC(=O)O)C(=O)NC(Cc1cnc[nH]1)C(=O)NC(Cc1c[nH]c2ccccc12)C(=O)O. The van der Waals surface area contributed by atoms with Crippen LogP contribution in [0.3, 0.4) is 0 Å². The Hall–Kier alpha value is -4.76. The van der Waals surface area contributed by atoms with Gasteiger partial charge >= 0.3 is 11.9 Å². The normalized spacial score (nSPS) is 14.1. The molecule has 3 rings (SSSR count). The van der Waals surface area contributed by atoms with Crippen LogP contribution < -0.4 is 21.7 Å². The van der Waals surface area contributed by atoms with Crippen molar-refractivity contribution in [3.63, 3.8) is 0 Å². The van der Waals surface area contributed by atoms with E-state index in [-0.39, 0.29) is 19.3 Å². The van der Waals surface area contributed by atoms with Crippen molar-refractivity contribution in [1.29, 1.82) is 0 Å². The van der Waals surface area contributed by atoms with Gasteiger partial charge in [0.1, 0.15) is 24.2 Å². The summed E-state index contributed by atoms with van der Waals surface area (Å²) in [5, 5.41) is 36.0. The van der Waals surface area contributed by atoms with Crippen LogP contribution in [-0.2, 0) is 36.8 Å². The van der Waals surface area contributed by atoms with E-state index >= 15 is 0 Å². The van der Waals surface area contributed by atoms with Gasteiger partial charge in [-0.05, 0) is 18.1 Å². The van der Waals surface area contributed by atoms with Crippen LogP contribution in [0.25, 0.3) is 10.9 Å². The molecule has 4 atom stereocenters. The van der Waals surface area contributed by atoms with Crippen molar-refractivity contribution in [2.24, 2.45) is 5.73 Å². The Bertz CT molecular complexity index is 1340. The molecule has 2 aromatic heterocycles. The lowest BCUT2D eigenvalue weighted by atomic mass is 10.0. The van der Waals surface area contributed by atoms with Gasteiger partial charge in [-0.3, -0.25) is 19.2 Å². The van der Waals surface area contributed by atoms with Crippen LogP contribution in [0.1, 0.15) is 24.1 Å². The Morgan fingerprint density at radius 3 is 2.23 bits per heavy atom. The lowest BCUT2D eigenvalue weighted by Gasteiger charge is -2.24. The molecule has 0 saturated heterocycles. The number of hydrogen-bond donors (Lipinski definition) is 9. The minimum Gasteiger partial charge on any atom is -0.481 e. The number of nitrogens with one attached hydrogen (secondary N) is 5. The van der Waals surface area contributed by atoms with Gasteiger partial charge in [-0.15, -0.1) is 0 Å². The van der Waals surface area contributed by atoms with Crippen LogP contribution in [0.15, 0.2) is 43.0 Å². The largest absolute Gasteiger partial charge is 0.481 e. The maximum atomic E-state index is 13.3. The van der Waals surface area contributed by atoms with Gasteiger partial charge in [0, 0.05) is 48.3 Å². The van der Waals surface area contributed by atoms with Crippen LogP contribution in [0, 0.1) is 0 Å². The highest BCUT2D eigenvalue weighted by Crippen LogP contribution is 2.19. The van der Waals surface area contributed by atoms with Crippen molar-refractivity contribution < 1.29 is 39.3 Å². The van der Waals surface area contributed by atoms with E-state index in [0.717, 1.165) is 10.9 Å². The summed E-state index contributed by atoms with van der Waals surface area (Å²) in [6, 6.07) is 1.84. The van der Waals surface area contributed by atoms with Crippen LogP contribution in [0.2, 0.25) is 0 Å². The summed E-state index contributed by atoms with van der Waals surface area (Å²) in [6.07, 6.45) is 3.44. The number of rotatable bonds is 15. The molecule has 4 unspecified atom stereocenters. The Morgan fingerprint density at radius 2 is 1.57 bits per heavy atom. The van der Waals surface area contributed by atoms with Crippen molar-refractivity contribution in [3.05, 3.63) is 54.2 Å². The zero-order valence-corrected chi connectivity index (χ0v) is 21.3. The molecular weight excluding hydrogens is 526 g/mol. The fourth-order valence-electron chi connectivity index (χ4n) is 3.99. The average molecular weight is 558 g/mol. The predicted octanol–water partition coefficient (Wildman–Crippen LogP) is -1.60. The van der Waals surface area contributed by atoms with Gasteiger partial charge in [0.25, 0.3) is 0 Å². The molecule has 0 spiro atoms. The second-order valence-corrected chi connectivity index (χ2v) is 9.09. The monoisotopic (exact) mass is 557 g/mol. The van der Waals surface area contributed by atoms with Crippen molar-refractivity contribution in [2.75, 3.05) is 6.61 Å². The number of H-pyrrole nitrogens is 2. The number of imidazole rings is 1. The molecular formula is C25H31N7O8. The third-order valence-corrected chi connectivity index (χ3v) is 6.14. The summed E-state index contributed by atoms with van der Waals surface area (Å²) in [5.41, 5.74) is 7.39. The first kappa shape index (κ1) is 29.8. The average Bonchev–Trinajstić information content (AvgIpc) is 3.59. The van der Waals surface area contributed by atoms with Crippen LogP contribution in [0.5, 0.6) is 0 Å². The van der Waals surface area contributed by atoms with Crippen molar-refractivity contribution in [3.8, 4) is 0 Å². The first-order valence-corrected chi connectivity index (χ1v) is 12.3. The quantitative estimate of drug-likeness (QED) is 0.103. The highest BCUT2D eigenvalue weighted by atomic mass is 16.4. The van der Waals surface area contributed by atoms with Crippen LogP contribution in [0.4, 0.5) is 0 Å². The molecule has 0 bridgehead atoms. The molecule has 15 nitrogen and oxygen atoms in total. The van der Waals surface area contributed by atoms with Gasteiger partial charge in [0.15, 0.2) is 0 Å². The molecule has 0 aliphatic heterocycles. The predicted molar refractivity (Wildman–Crippen MR) is 140 cm³/mol. The number of carbonyl (C=O) groups excluding carboxylic acids is 3. The molecule has 2 heterocycles. The Balaban J connectivity index is 1.79. The smallest absolute Gasteiger partial charge is 0.326 e. The number of aromatic amines is 2. The molecule has 10 N–H and O–H groups in total. The molecule has 3 amide bonds. The fourth-order valence-corrected chi connectivity index (χ4v) is 3.99. The van der Waals surface area contributed by atoms with E-state index in [1.54, 1.807) is 12.3 Å². The van der Waals surface area contributed by atoms with Crippen LogP contribution in [-0.4, -0.2) is 90.7 Å². The number of hydrogen-bond acceptors (Lipinski definition) is 8. The number of benzene rings is 1. The van der Waals surface area contributed by atoms with Crippen molar-refractivity contribution in [2.45, 2.75) is 49.9 Å². The number of nitrogens with two attached hydrogens (primary N) is 1. The van der Waals surface area contributed by atoms with Gasteiger partial charge in [-0.2, -0.15) is 0 Å². The molecule has 3 aromatic rings. The standard InChI is InChI=1S/C25H31N7O8/c26-16(11-33)22(36)30-18(5-6-21(34)35)23(37)31-19(8-14-10-27-12-29-14)24(38)32-20(25(39)40)7-13-9-28-17-4-2-1-3-15(13)17/h1-4,9-10,12,16,18-20,28,33H,5-8,11,26H2,(H,27,29)(H,30,36)(H,31,37)(H,32,38)(H,34,35)(H,39,40). The van der Waals surface area contributed by atoms with E-state index in [1.807, 2.05) is 18.2 Å². The molecule has 0 saturated carbocycles. The summed E-state index contributed by atoms with van der Waals surface area (Å²) in [6.45, 7) is -0.711. The van der Waals surface area contributed by atoms with E-state index in [9.17, 15) is 29.1 Å². The van der Waals surface area contributed by atoms with Crippen LogP contribution >= 0.6 is 0 Å².